The maximum Gasteiger partial charge on any atom is 0.416 e. The summed E-state index contributed by atoms with van der Waals surface area (Å²) in [5, 5.41) is 2.30. The molecule has 1 aliphatic carbocycles. The number of ether oxygens (including phenoxy) is 1. The first-order valence-electron chi connectivity index (χ1n) is 8.81. The third-order valence-corrected chi connectivity index (χ3v) is 5.63. The van der Waals surface area contributed by atoms with Gasteiger partial charge in [-0.1, -0.05) is 6.07 Å². The Bertz CT molecular complexity index is 1050. The van der Waals surface area contributed by atoms with E-state index < -0.39 is 40.2 Å². The second-order valence-electron chi connectivity index (χ2n) is 6.62. The Balaban J connectivity index is 1.56. The van der Waals surface area contributed by atoms with Crippen LogP contribution in [0.5, 0.6) is 0 Å². The van der Waals surface area contributed by atoms with Gasteiger partial charge in [0.15, 0.2) is 6.61 Å². The zero-order valence-electron chi connectivity index (χ0n) is 15.4. The third-order valence-electron chi connectivity index (χ3n) is 4.11. The Morgan fingerprint density at radius 3 is 2.33 bits per heavy atom. The van der Waals surface area contributed by atoms with E-state index in [1.54, 1.807) is 0 Å². The fourth-order valence-corrected chi connectivity index (χ4v) is 3.78. The molecule has 0 aliphatic heterocycles. The first kappa shape index (κ1) is 21.8. The smallest absolute Gasteiger partial charge is 0.416 e. The van der Waals surface area contributed by atoms with Gasteiger partial charge in [-0.05, 0) is 55.3 Å². The van der Waals surface area contributed by atoms with E-state index in [-0.39, 0.29) is 22.2 Å². The summed E-state index contributed by atoms with van der Waals surface area (Å²) in [6, 6.07) is 8.85. The Morgan fingerprint density at radius 1 is 1.07 bits per heavy atom. The normalized spacial score (nSPS) is 14.2. The molecule has 1 amide bonds. The molecule has 11 heteroatoms. The first-order chi connectivity index (χ1) is 14.0. The number of carbonyl (C=O) groups excluding carboxylic acids is 2. The van der Waals surface area contributed by atoms with Gasteiger partial charge >= 0.3 is 12.1 Å². The molecule has 0 radical (unpaired) electrons. The van der Waals surface area contributed by atoms with Crippen molar-refractivity contribution in [2.45, 2.75) is 30.0 Å². The highest BCUT2D eigenvalue weighted by Crippen LogP contribution is 2.29. The number of hydrogen-bond acceptors (Lipinski definition) is 5. The van der Waals surface area contributed by atoms with Gasteiger partial charge in [0.2, 0.25) is 10.0 Å². The predicted octanol–water partition coefficient (Wildman–Crippen LogP) is 2.94. The summed E-state index contributed by atoms with van der Waals surface area (Å²) >= 11 is 0. The van der Waals surface area contributed by atoms with Crippen molar-refractivity contribution in [1.82, 2.24) is 4.72 Å². The third kappa shape index (κ3) is 5.80. The summed E-state index contributed by atoms with van der Waals surface area (Å²) in [5.41, 5.74) is -0.822. The molecule has 160 valence electrons. The van der Waals surface area contributed by atoms with Crippen LogP contribution in [0.2, 0.25) is 0 Å². The molecular weight excluding hydrogens is 425 g/mol. The van der Waals surface area contributed by atoms with Crippen LogP contribution in [0, 0.1) is 0 Å². The fraction of sp³-hybridized carbons (Fsp3) is 0.263. The Kier molecular flexibility index (Phi) is 6.13. The molecule has 1 saturated carbocycles. The van der Waals surface area contributed by atoms with Crippen molar-refractivity contribution in [3.8, 4) is 0 Å². The van der Waals surface area contributed by atoms with Crippen LogP contribution in [-0.2, 0) is 25.7 Å². The molecule has 0 atom stereocenters. The topological polar surface area (TPSA) is 102 Å². The highest BCUT2D eigenvalue weighted by molar-refractivity contribution is 7.89. The maximum atomic E-state index is 12.5. The predicted molar refractivity (Wildman–Crippen MR) is 100 cm³/mol. The van der Waals surface area contributed by atoms with Gasteiger partial charge < -0.3 is 10.1 Å². The minimum absolute atomic E-state index is 0.0593. The maximum absolute atomic E-state index is 12.5. The summed E-state index contributed by atoms with van der Waals surface area (Å²) in [6.45, 7) is -0.697. The number of sulfonamides is 1. The molecule has 0 aromatic heterocycles. The summed E-state index contributed by atoms with van der Waals surface area (Å²) in [7, 11) is -3.76. The van der Waals surface area contributed by atoms with Crippen molar-refractivity contribution in [3.05, 3.63) is 59.7 Å². The molecule has 30 heavy (non-hydrogen) atoms. The van der Waals surface area contributed by atoms with E-state index in [1.807, 2.05) is 0 Å². The number of carbonyl (C=O) groups is 2. The molecule has 3 rings (SSSR count). The Hall–Kier alpha value is -2.92. The van der Waals surface area contributed by atoms with Gasteiger partial charge in [-0.15, -0.1) is 0 Å². The quantitative estimate of drug-likeness (QED) is 0.642. The van der Waals surface area contributed by atoms with Crippen LogP contribution in [0.25, 0.3) is 0 Å². The lowest BCUT2D eigenvalue weighted by molar-refractivity contribution is -0.137. The van der Waals surface area contributed by atoms with Gasteiger partial charge in [0.25, 0.3) is 5.91 Å². The van der Waals surface area contributed by atoms with Crippen molar-refractivity contribution in [2.24, 2.45) is 0 Å². The molecule has 0 unspecified atom stereocenters. The van der Waals surface area contributed by atoms with Crippen LogP contribution in [0.3, 0.4) is 0 Å². The van der Waals surface area contributed by atoms with Crippen LogP contribution < -0.4 is 10.0 Å². The zero-order valence-corrected chi connectivity index (χ0v) is 16.2. The molecule has 0 saturated heterocycles. The van der Waals surface area contributed by atoms with E-state index in [2.05, 4.69) is 10.0 Å². The van der Waals surface area contributed by atoms with Crippen LogP contribution in [0.15, 0.2) is 53.4 Å². The minimum Gasteiger partial charge on any atom is -0.452 e. The van der Waals surface area contributed by atoms with Gasteiger partial charge in [-0.2, -0.15) is 13.2 Å². The number of benzene rings is 2. The first-order valence-corrected chi connectivity index (χ1v) is 10.3. The largest absolute Gasteiger partial charge is 0.452 e. The van der Waals surface area contributed by atoms with E-state index in [0.29, 0.717) is 0 Å². The van der Waals surface area contributed by atoms with Crippen molar-refractivity contribution in [2.75, 3.05) is 11.9 Å². The number of halogens is 3. The van der Waals surface area contributed by atoms with Gasteiger partial charge in [0.1, 0.15) is 0 Å². The summed E-state index contributed by atoms with van der Waals surface area (Å²) < 4.78 is 69.4. The minimum atomic E-state index is -4.49. The molecule has 2 aromatic rings. The second-order valence-corrected chi connectivity index (χ2v) is 8.34. The van der Waals surface area contributed by atoms with Crippen LogP contribution in [0.1, 0.15) is 28.8 Å². The second kappa shape index (κ2) is 8.44. The Morgan fingerprint density at radius 2 is 1.73 bits per heavy atom. The van der Waals surface area contributed by atoms with Gasteiger partial charge in [-0.25, -0.2) is 17.9 Å². The highest BCUT2D eigenvalue weighted by Gasteiger charge is 2.30. The van der Waals surface area contributed by atoms with E-state index in [0.717, 1.165) is 43.2 Å². The van der Waals surface area contributed by atoms with Crippen molar-refractivity contribution in [3.63, 3.8) is 0 Å². The van der Waals surface area contributed by atoms with Crippen LogP contribution in [0.4, 0.5) is 18.9 Å². The molecule has 0 heterocycles. The van der Waals surface area contributed by atoms with Crippen molar-refractivity contribution in [1.29, 1.82) is 0 Å². The molecule has 2 aromatic carbocycles. The summed E-state index contributed by atoms with van der Waals surface area (Å²) in [4.78, 5) is 23.9. The summed E-state index contributed by atoms with van der Waals surface area (Å²) in [6.07, 6.45) is -2.97. The number of hydrogen-bond donors (Lipinski definition) is 2. The van der Waals surface area contributed by atoms with Crippen molar-refractivity contribution < 1.29 is 35.9 Å². The van der Waals surface area contributed by atoms with Gasteiger partial charge in [0, 0.05) is 11.7 Å². The molecule has 7 nitrogen and oxygen atoms in total. The monoisotopic (exact) mass is 442 g/mol. The molecule has 1 fully saturated rings. The lowest BCUT2D eigenvalue weighted by atomic mass is 10.2. The number of amides is 1. The van der Waals surface area contributed by atoms with E-state index >= 15 is 0 Å². The van der Waals surface area contributed by atoms with E-state index in [9.17, 15) is 31.2 Å². The average molecular weight is 442 g/mol. The molecule has 0 bridgehead atoms. The molecule has 1 aliphatic rings. The Labute approximate surface area is 170 Å². The molecule has 2 N–H and O–H groups in total. The van der Waals surface area contributed by atoms with Gasteiger partial charge in [0.05, 0.1) is 16.0 Å². The fourth-order valence-electron chi connectivity index (χ4n) is 2.43. The lowest BCUT2D eigenvalue weighted by Gasteiger charge is -2.10. The van der Waals surface area contributed by atoms with Crippen LogP contribution >= 0.6 is 0 Å². The molecule has 0 spiro atoms. The van der Waals surface area contributed by atoms with E-state index in [4.69, 9.17) is 4.74 Å². The SMILES string of the molecule is O=C(COC(=O)c1cccc(S(=O)(=O)NC2CC2)c1)Nc1ccc(C(F)(F)F)cc1. The lowest BCUT2D eigenvalue weighted by Crippen LogP contribution is -2.26. The standard InChI is InChI=1S/C19H17F3N2O5S/c20-19(21,22)13-4-6-14(7-5-13)23-17(25)11-29-18(26)12-2-1-3-16(10-12)30(27,28)24-15-8-9-15/h1-7,10,15,24H,8-9,11H2,(H,23,25). The number of alkyl halides is 3. The van der Waals surface area contributed by atoms with Crippen molar-refractivity contribution >= 4 is 27.6 Å². The summed E-state index contributed by atoms with van der Waals surface area (Å²) in [5.74, 6) is -1.68. The van der Waals surface area contributed by atoms with Crippen LogP contribution in [-0.4, -0.2) is 32.9 Å². The molecular formula is C19H17F3N2O5S. The zero-order chi connectivity index (χ0) is 21.9. The number of anilines is 1. The highest BCUT2D eigenvalue weighted by atomic mass is 32.2. The van der Waals surface area contributed by atoms with E-state index in [1.165, 1.54) is 18.2 Å². The number of rotatable bonds is 7. The number of esters is 1. The number of nitrogens with one attached hydrogen (secondary N) is 2. The average Bonchev–Trinajstić information content (AvgIpc) is 3.49. The van der Waals surface area contributed by atoms with Gasteiger partial charge in [-0.3, -0.25) is 4.79 Å².